The van der Waals surface area contributed by atoms with Gasteiger partial charge in [0.05, 0.1) is 18.1 Å². The zero-order chi connectivity index (χ0) is 13.6. The number of ether oxygens (including phenoxy) is 1. The number of hydrogen-bond donors (Lipinski definition) is 1. The number of aliphatic hydroxyl groups is 1. The highest BCUT2D eigenvalue weighted by atomic mass is 16.5. The maximum Gasteiger partial charge on any atom is 0.310 e. The monoisotopic (exact) mass is 257 g/mol. The fourth-order valence-electron chi connectivity index (χ4n) is 2.54. The SMILES string of the molecule is CCOC(=O)C1CCCN(CC(O)(CC)CC)C1. The van der Waals surface area contributed by atoms with Crippen LogP contribution >= 0.6 is 0 Å². The molecule has 1 N–H and O–H groups in total. The molecule has 1 aliphatic heterocycles. The van der Waals surface area contributed by atoms with Crippen molar-refractivity contribution in [2.75, 3.05) is 26.2 Å². The van der Waals surface area contributed by atoms with Gasteiger partial charge >= 0.3 is 5.97 Å². The minimum absolute atomic E-state index is 0.0170. The number of carbonyl (C=O) groups is 1. The van der Waals surface area contributed by atoms with Crippen molar-refractivity contribution >= 4 is 5.97 Å². The first-order chi connectivity index (χ1) is 8.54. The van der Waals surface area contributed by atoms with E-state index in [4.69, 9.17) is 4.74 Å². The van der Waals surface area contributed by atoms with Crippen LogP contribution in [0.4, 0.5) is 0 Å². The molecule has 4 nitrogen and oxygen atoms in total. The quantitative estimate of drug-likeness (QED) is 0.737. The molecule has 0 spiro atoms. The average molecular weight is 257 g/mol. The molecule has 0 aliphatic carbocycles. The van der Waals surface area contributed by atoms with E-state index in [1.54, 1.807) is 0 Å². The summed E-state index contributed by atoms with van der Waals surface area (Å²) in [7, 11) is 0. The summed E-state index contributed by atoms with van der Waals surface area (Å²) < 4.78 is 5.08. The Kier molecular flexibility index (Phi) is 6.09. The third-order valence-electron chi connectivity index (χ3n) is 3.96. The minimum atomic E-state index is -0.615. The number of β-amino-alcohol motifs (C(OH)–C–C–N with tert-alkyl or cyclic N) is 1. The molecular weight excluding hydrogens is 230 g/mol. The van der Waals surface area contributed by atoms with Crippen LogP contribution in [0.1, 0.15) is 46.5 Å². The van der Waals surface area contributed by atoms with Crippen molar-refractivity contribution in [1.29, 1.82) is 0 Å². The van der Waals surface area contributed by atoms with E-state index in [1.165, 1.54) is 0 Å². The van der Waals surface area contributed by atoms with E-state index in [2.05, 4.69) is 4.90 Å². The Balaban J connectivity index is 2.51. The van der Waals surface area contributed by atoms with E-state index in [1.807, 2.05) is 20.8 Å². The first-order valence-electron chi connectivity index (χ1n) is 7.16. The van der Waals surface area contributed by atoms with Crippen LogP contribution in [-0.2, 0) is 9.53 Å². The lowest BCUT2D eigenvalue weighted by Crippen LogP contribution is -2.47. The molecule has 18 heavy (non-hydrogen) atoms. The smallest absolute Gasteiger partial charge is 0.310 e. The highest BCUT2D eigenvalue weighted by Crippen LogP contribution is 2.22. The van der Waals surface area contributed by atoms with Gasteiger partial charge in [-0.05, 0) is 39.2 Å². The average Bonchev–Trinajstić information content (AvgIpc) is 2.39. The Bertz CT molecular complexity index is 264. The van der Waals surface area contributed by atoms with Crippen LogP contribution in [-0.4, -0.2) is 47.8 Å². The van der Waals surface area contributed by atoms with Crippen molar-refractivity contribution in [2.45, 2.75) is 52.1 Å². The van der Waals surface area contributed by atoms with Gasteiger partial charge in [0.15, 0.2) is 0 Å². The lowest BCUT2D eigenvalue weighted by molar-refractivity contribution is -0.150. The van der Waals surface area contributed by atoms with Crippen LogP contribution in [0, 0.1) is 5.92 Å². The summed E-state index contributed by atoms with van der Waals surface area (Å²) >= 11 is 0. The summed E-state index contributed by atoms with van der Waals surface area (Å²) in [6, 6.07) is 0. The van der Waals surface area contributed by atoms with Crippen molar-refractivity contribution in [2.24, 2.45) is 5.92 Å². The molecular formula is C14H27NO3. The van der Waals surface area contributed by atoms with Gasteiger partial charge in [-0.3, -0.25) is 9.69 Å². The van der Waals surface area contributed by atoms with Crippen molar-refractivity contribution in [3.8, 4) is 0 Å². The normalized spacial score (nSPS) is 21.9. The number of nitrogens with zero attached hydrogens (tertiary/aromatic N) is 1. The number of hydrogen-bond acceptors (Lipinski definition) is 4. The standard InChI is InChI=1S/C14H27NO3/c1-4-14(17,5-2)11-15-9-7-8-12(10-15)13(16)18-6-3/h12,17H,4-11H2,1-3H3. The van der Waals surface area contributed by atoms with E-state index in [9.17, 15) is 9.90 Å². The molecule has 1 heterocycles. The van der Waals surface area contributed by atoms with Crippen LogP contribution in [0.3, 0.4) is 0 Å². The molecule has 1 fully saturated rings. The fourth-order valence-corrected chi connectivity index (χ4v) is 2.54. The van der Waals surface area contributed by atoms with Crippen LogP contribution in [0.5, 0.6) is 0 Å². The Morgan fingerprint density at radius 3 is 2.61 bits per heavy atom. The van der Waals surface area contributed by atoms with Gasteiger partial charge in [0.2, 0.25) is 0 Å². The third kappa shape index (κ3) is 4.25. The highest BCUT2D eigenvalue weighted by molar-refractivity contribution is 5.72. The Morgan fingerprint density at radius 1 is 1.39 bits per heavy atom. The van der Waals surface area contributed by atoms with Crippen LogP contribution in [0.2, 0.25) is 0 Å². The van der Waals surface area contributed by atoms with E-state index >= 15 is 0 Å². The molecule has 4 heteroatoms. The molecule has 1 saturated heterocycles. The van der Waals surface area contributed by atoms with E-state index in [-0.39, 0.29) is 11.9 Å². The number of rotatable bonds is 6. The summed E-state index contributed by atoms with van der Waals surface area (Å²) in [5, 5.41) is 10.4. The molecule has 0 saturated carbocycles. The summed E-state index contributed by atoms with van der Waals surface area (Å²) in [4.78, 5) is 13.9. The van der Waals surface area contributed by atoms with E-state index in [0.29, 0.717) is 13.2 Å². The van der Waals surface area contributed by atoms with Gasteiger partial charge in [0.25, 0.3) is 0 Å². The van der Waals surface area contributed by atoms with Gasteiger partial charge in [-0.2, -0.15) is 0 Å². The number of likely N-dealkylation sites (tertiary alicyclic amines) is 1. The summed E-state index contributed by atoms with van der Waals surface area (Å²) in [5.74, 6) is -0.101. The number of carbonyl (C=O) groups excluding carboxylic acids is 1. The second-order valence-corrected chi connectivity index (χ2v) is 5.26. The van der Waals surface area contributed by atoms with E-state index < -0.39 is 5.60 Å². The van der Waals surface area contributed by atoms with Crippen LogP contribution < -0.4 is 0 Å². The molecule has 0 aromatic rings. The molecule has 1 unspecified atom stereocenters. The zero-order valence-electron chi connectivity index (χ0n) is 11.9. The van der Waals surface area contributed by atoms with Crippen LogP contribution in [0.25, 0.3) is 0 Å². The Labute approximate surface area is 110 Å². The first kappa shape index (κ1) is 15.4. The van der Waals surface area contributed by atoms with Gasteiger partial charge in [0, 0.05) is 13.1 Å². The maximum absolute atomic E-state index is 11.7. The predicted molar refractivity (Wildman–Crippen MR) is 71.3 cm³/mol. The molecule has 1 aliphatic rings. The predicted octanol–water partition coefficient (Wildman–Crippen LogP) is 1.81. The lowest BCUT2D eigenvalue weighted by atomic mass is 9.93. The first-order valence-corrected chi connectivity index (χ1v) is 7.16. The summed E-state index contributed by atoms with van der Waals surface area (Å²) in [6.07, 6.45) is 3.42. The van der Waals surface area contributed by atoms with Crippen molar-refractivity contribution in [3.05, 3.63) is 0 Å². The lowest BCUT2D eigenvalue weighted by Gasteiger charge is -2.37. The molecule has 1 rings (SSSR count). The van der Waals surface area contributed by atoms with Gasteiger partial charge in [-0.25, -0.2) is 0 Å². The fraction of sp³-hybridized carbons (Fsp3) is 0.929. The topological polar surface area (TPSA) is 49.8 Å². The molecule has 1 atom stereocenters. The molecule has 106 valence electrons. The van der Waals surface area contributed by atoms with Crippen molar-refractivity contribution < 1.29 is 14.6 Å². The second kappa shape index (κ2) is 7.10. The number of piperidine rings is 1. The van der Waals surface area contributed by atoms with Gasteiger partial charge in [-0.1, -0.05) is 13.8 Å². The van der Waals surface area contributed by atoms with Gasteiger partial charge in [0.1, 0.15) is 0 Å². The largest absolute Gasteiger partial charge is 0.466 e. The van der Waals surface area contributed by atoms with Gasteiger partial charge < -0.3 is 9.84 Å². The Hall–Kier alpha value is -0.610. The Morgan fingerprint density at radius 2 is 2.06 bits per heavy atom. The summed E-state index contributed by atoms with van der Waals surface area (Å²) in [6.45, 7) is 8.66. The minimum Gasteiger partial charge on any atom is -0.466 e. The highest BCUT2D eigenvalue weighted by Gasteiger charge is 2.31. The summed E-state index contributed by atoms with van der Waals surface area (Å²) in [5.41, 5.74) is -0.615. The number of esters is 1. The van der Waals surface area contributed by atoms with E-state index in [0.717, 1.165) is 38.8 Å². The molecule has 0 radical (unpaired) electrons. The second-order valence-electron chi connectivity index (χ2n) is 5.26. The third-order valence-corrected chi connectivity index (χ3v) is 3.96. The molecule has 0 amide bonds. The molecule has 0 aromatic carbocycles. The van der Waals surface area contributed by atoms with Crippen LogP contribution in [0.15, 0.2) is 0 Å². The zero-order valence-corrected chi connectivity index (χ0v) is 11.9. The molecule has 0 aromatic heterocycles. The van der Waals surface area contributed by atoms with Gasteiger partial charge in [-0.15, -0.1) is 0 Å². The maximum atomic E-state index is 11.7. The van der Waals surface area contributed by atoms with Crippen molar-refractivity contribution in [1.82, 2.24) is 4.90 Å². The van der Waals surface area contributed by atoms with Crippen molar-refractivity contribution in [3.63, 3.8) is 0 Å². The molecule has 0 bridgehead atoms.